The van der Waals surface area contributed by atoms with Gasteiger partial charge >= 0.3 is 0 Å². The average molecular weight is 284 g/mol. The van der Waals surface area contributed by atoms with Crippen LogP contribution in [0.15, 0.2) is 0 Å². The molecule has 0 atom stereocenters. The summed E-state index contributed by atoms with van der Waals surface area (Å²) in [5, 5.41) is 0. The zero-order chi connectivity index (χ0) is 14.8. The summed E-state index contributed by atoms with van der Waals surface area (Å²) in [6.45, 7) is 10.1. The quantitative estimate of drug-likeness (QED) is 0.771. The van der Waals surface area contributed by atoms with Crippen molar-refractivity contribution < 1.29 is 0 Å². The Labute approximate surface area is 126 Å². The van der Waals surface area contributed by atoms with Crippen LogP contribution in [0.25, 0.3) is 0 Å². The van der Waals surface area contributed by atoms with E-state index in [4.69, 9.17) is 0 Å². The predicted octanol–water partition coefficient (Wildman–Crippen LogP) is 1.29. The lowest BCUT2D eigenvalue weighted by Gasteiger charge is -2.28. The van der Waals surface area contributed by atoms with Gasteiger partial charge in [-0.1, -0.05) is 6.42 Å². The van der Waals surface area contributed by atoms with Crippen LogP contribution in [0.4, 0.5) is 0 Å². The van der Waals surface area contributed by atoms with Crippen molar-refractivity contribution in [1.82, 2.24) is 19.6 Å². The second kappa shape index (κ2) is 10.6. The van der Waals surface area contributed by atoms with Gasteiger partial charge in [0, 0.05) is 26.2 Å². The minimum atomic E-state index is 1.23. The molecule has 20 heavy (non-hydrogen) atoms. The third-order valence-corrected chi connectivity index (χ3v) is 4.26. The average Bonchev–Trinajstić information content (AvgIpc) is 2.44. The van der Waals surface area contributed by atoms with E-state index in [1.165, 1.54) is 78.0 Å². The molecule has 120 valence electrons. The van der Waals surface area contributed by atoms with Gasteiger partial charge in [-0.05, 0) is 73.6 Å². The molecule has 4 heteroatoms. The van der Waals surface area contributed by atoms with E-state index in [2.05, 4.69) is 47.8 Å². The van der Waals surface area contributed by atoms with E-state index in [-0.39, 0.29) is 0 Å². The molecule has 2 fully saturated rings. The Morgan fingerprint density at radius 3 is 1.70 bits per heavy atom. The zero-order valence-corrected chi connectivity index (χ0v) is 14.3. The number of hydrogen-bond acceptors (Lipinski definition) is 4. The summed E-state index contributed by atoms with van der Waals surface area (Å²) in [5.41, 5.74) is 0. The van der Waals surface area contributed by atoms with Gasteiger partial charge in [0.1, 0.15) is 0 Å². The van der Waals surface area contributed by atoms with Crippen molar-refractivity contribution in [3.8, 4) is 0 Å². The maximum atomic E-state index is 2.60. The third kappa shape index (κ3) is 8.90. The van der Waals surface area contributed by atoms with Crippen molar-refractivity contribution in [3.05, 3.63) is 0 Å². The number of likely N-dealkylation sites (N-methyl/N-ethyl adjacent to an activating group) is 2. The van der Waals surface area contributed by atoms with E-state index >= 15 is 0 Å². The summed E-state index contributed by atoms with van der Waals surface area (Å²) in [6, 6.07) is 0. The largest absolute Gasteiger partial charge is 0.309 e. The van der Waals surface area contributed by atoms with Gasteiger partial charge in [-0.3, -0.25) is 0 Å². The molecule has 0 spiro atoms. The van der Waals surface area contributed by atoms with E-state index < -0.39 is 0 Å². The Morgan fingerprint density at radius 2 is 1.25 bits per heavy atom. The number of likely N-dealkylation sites (tertiary alicyclic amines) is 1. The van der Waals surface area contributed by atoms with E-state index in [1.54, 1.807) is 0 Å². The summed E-state index contributed by atoms with van der Waals surface area (Å²) in [6.07, 6.45) is 5.61. The molecule has 2 aliphatic rings. The lowest BCUT2D eigenvalue weighted by Crippen LogP contribution is -2.42. The number of rotatable bonds is 4. The molecule has 0 aliphatic carbocycles. The molecular formula is C16H36N4. The van der Waals surface area contributed by atoms with Crippen LogP contribution in [0.2, 0.25) is 0 Å². The predicted molar refractivity (Wildman–Crippen MR) is 88.5 cm³/mol. The Balaban J connectivity index is 0.000000217. The van der Waals surface area contributed by atoms with Gasteiger partial charge in [0.05, 0.1) is 0 Å². The lowest BCUT2D eigenvalue weighted by molar-refractivity contribution is 0.181. The molecule has 2 saturated heterocycles. The van der Waals surface area contributed by atoms with Crippen LogP contribution in [0.5, 0.6) is 0 Å². The molecule has 0 N–H and O–H groups in total. The summed E-state index contributed by atoms with van der Waals surface area (Å²) in [5.74, 6) is 0. The van der Waals surface area contributed by atoms with Crippen LogP contribution in [0.1, 0.15) is 25.7 Å². The molecule has 0 saturated carbocycles. The molecule has 0 aromatic rings. The van der Waals surface area contributed by atoms with E-state index in [1.807, 2.05) is 0 Å². The minimum absolute atomic E-state index is 1.23. The molecule has 2 aliphatic heterocycles. The summed E-state index contributed by atoms with van der Waals surface area (Å²) in [4.78, 5) is 9.59. The summed E-state index contributed by atoms with van der Waals surface area (Å²) < 4.78 is 0. The maximum Gasteiger partial charge on any atom is 0.0107 e. The molecular weight excluding hydrogens is 248 g/mol. The van der Waals surface area contributed by atoms with Crippen LogP contribution in [-0.2, 0) is 0 Å². The molecule has 0 unspecified atom stereocenters. The Kier molecular flexibility index (Phi) is 9.44. The highest BCUT2D eigenvalue weighted by atomic mass is 15.2. The first-order valence-corrected chi connectivity index (χ1v) is 8.32. The molecule has 0 bridgehead atoms. The van der Waals surface area contributed by atoms with Gasteiger partial charge in [-0.15, -0.1) is 0 Å². The van der Waals surface area contributed by atoms with Crippen LogP contribution < -0.4 is 0 Å². The fourth-order valence-corrected chi connectivity index (χ4v) is 2.70. The van der Waals surface area contributed by atoms with Gasteiger partial charge in [-0.2, -0.15) is 0 Å². The number of hydrogen-bond donors (Lipinski definition) is 0. The highest BCUT2D eigenvalue weighted by Gasteiger charge is 2.09. The van der Waals surface area contributed by atoms with E-state index in [9.17, 15) is 0 Å². The second-order valence-corrected chi connectivity index (χ2v) is 6.67. The van der Waals surface area contributed by atoms with Crippen molar-refractivity contribution >= 4 is 0 Å². The SMILES string of the molecule is CN(C)CCCN1CCCCC1.CN1CCN(C)CC1. The summed E-state index contributed by atoms with van der Waals surface area (Å²) >= 11 is 0. The topological polar surface area (TPSA) is 13.0 Å². The highest BCUT2D eigenvalue weighted by molar-refractivity contribution is 4.65. The van der Waals surface area contributed by atoms with Crippen molar-refractivity contribution in [2.24, 2.45) is 0 Å². The Hall–Kier alpha value is -0.160. The van der Waals surface area contributed by atoms with Gasteiger partial charge < -0.3 is 19.6 Å². The van der Waals surface area contributed by atoms with Gasteiger partial charge in [0.15, 0.2) is 0 Å². The molecule has 0 aromatic heterocycles. The van der Waals surface area contributed by atoms with Crippen LogP contribution in [0, 0.1) is 0 Å². The van der Waals surface area contributed by atoms with Crippen molar-refractivity contribution in [1.29, 1.82) is 0 Å². The second-order valence-electron chi connectivity index (χ2n) is 6.67. The molecule has 4 nitrogen and oxygen atoms in total. The van der Waals surface area contributed by atoms with Gasteiger partial charge in [0.2, 0.25) is 0 Å². The Morgan fingerprint density at radius 1 is 0.750 bits per heavy atom. The smallest absolute Gasteiger partial charge is 0.0107 e. The molecule has 2 heterocycles. The van der Waals surface area contributed by atoms with Crippen LogP contribution in [-0.4, -0.2) is 100 Å². The number of piperidine rings is 1. The lowest BCUT2D eigenvalue weighted by atomic mass is 10.1. The normalized spacial score (nSPS) is 22.6. The van der Waals surface area contributed by atoms with Crippen molar-refractivity contribution in [3.63, 3.8) is 0 Å². The number of piperazine rings is 1. The fourth-order valence-electron chi connectivity index (χ4n) is 2.70. The number of nitrogens with zero attached hydrogens (tertiary/aromatic N) is 4. The monoisotopic (exact) mass is 284 g/mol. The first kappa shape index (κ1) is 17.9. The van der Waals surface area contributed by atoms with Crippen molar-refractivity contribution in [2.75, 3.05) is 80.5 Å². The molecule has 0 aromatic carbocycles. The van der Waals surface area contributed by atoms with Crippen LogP contribution in [0.3, 0.4) is 0 Å². The van der Waals surface area contributed by atoms with Gasteiger partial charge in [-0.25, -0.2) is 0 Å². The van der Waals surface area contributed by atoms with Crippen LogP contribution >= 0.6 is 0 Å². The molecule has 0 amide bonds. The standard InChI is InChI=1S/C10H22N2.C6H14N2/c1-11(2)7-6-10-12-8-4-3-5-9-12;1-7-3-5-8(2)6-4-7/h3-10H2,1-2H3;3-6H2,1-2H3. The van der Waals surface area contributed by atoms with E-state index in [0.717, 1.165) is 0 Å². The van der Waals surface area contributed by atoms with Crippen molar-refractivity contribution in [2.45, 2.75) is 25.7 Å². The first-order chi connectivity index (χ1) is 9.58. The molecule has 2 rings (SSSR count). The fraction of sp³-hybridized carbons (Fsp3) is 1.00. The third-order valence-electron chi connectivity index (χ3n) is 4.26. The van der Waals surface area contributed by atoms with E-state index in [0.29, 0.717) is 0 Å². The maximum absolute atomic E-state index is 2.60. The zero-order valence-electron chi connectivity index (χ0n) is 14.3. The Bertz CT molecular complexity index is 209. The first-order valence-electron chi connectivity index (χ1n) is 8.32. The molecule has 0 radical (unpaired) electrons. The highest BCUT2D eigenvalue weighted by Crippen LogP contribution is 2.08. The summed E-state index contributed by atoms with van der Waals surface area (Å²) in [7, 11) is 8.65. The minimum Gasteiger partial charge on any atom is -0.309 e. The van der Waals surface area contributed by atoms with Gasteiger partial charge in [0.25, 0.3) is 0 Å².